The Hall–Kier alpha value is -2.04. The molecule has 0 aromatic heterocycles. The van der Waals surface area contributed by atoms with E-state index < -0.39 is 6.04 Å². The predicted octanol–water partition coefficient (Wildman–Crippen LogP) is 5.01. The molecule has 4 nitrogen and oxygen atoms in total. The first-order chi connectivity index (χ1) is 13.9. The summed E-state index contributed by atoms with van der Waals surface area (Å²) in [6, 6.07) is 14.4. The SMILES string of the molecule is C[C@@H](C(=O)NC1CCCC1)N(Cc1ccccc1)C(=O)Cc1ccc(Cl)cc1Cl. The summed E-state index contributed by atoms with van der Waals surface area (Å²) in [5.41, 5.74) is 1.67. The van der Waals surface area contributed by atoms with Crippen molar-refractivity contribution < 1.29 is 9.59 Å². The van der Waals surface area contributed by atoms with Crippen LogP contribution in [-0.2, 0) is 22.6 Å². The molecule has 2 aromatic rings. The molecule has 1 atom stereocenters. The first-order valence-electron chi connectivity index (χ1n) is 10.0. The number of halogens is 2. The van der Waals surface area contributed by atoms with Crippen LogP contribution >= 0.6 is 23.2 Å². The third-order valence-corrected chi connectivity index (χ3v) is 6.01. The van der Waals surface area contributed by atoms with Crippen molar-refractivity contribution in [1.82, 2.24) is 10.2 Å². The third kappa shape index (κ3) is 5.97. The Balaban J connectivity index is 1.77. The van der Waals surface area contributed by atoms with Crippen LogP contribution in [0.2, 0.25) is 10.0 Å². The first-order valence-corrected chi connectivity index (χ1v) is 10.8. The maximum absolute atomic E-state index is 13.2. The van der Waals surface area contributed by atoms with Gasteiger partial charge in [0.2, 0.25) is 11.8 Å². The molecule has 0 bridgehead atoms. The van der Waals surface area contributed by atoms with Crippen molar-refractivity contribution in [1.29, 1.82) is 0 Å². The number of hydrogen-bond donors (Lipinski definition) is 1. The molecule has 1 N–H and O–H groups in total. The van der Waals surface area contributed by atoms with Crippen molar-refractivity contribution in [3.05, 3.63) is 69.7 Å². The van der Waals surface area contributed by atoms with Gasteiger partial charge in [-0.25, -0.2) is 0 Å². The third-order valence-electron chi connectivity index (χ3n) is 5.42. The fraction of sp³-hybridized carbons (Fsp3) is 0.391. The molecule has 0 unspecified atom stereocenters. The normalized spacial score (nSPS) is 15.1. The molecule has 1 aliphatic carbocycles. The minimum atomic E-state index is -0.575. The number of nitrogens with one attached hydrogen (secondary N) is 1. The Morgan fingerprint density at radius 1 is 1.10 bits per heavy atom. The second-order valence-electron chi connectivity index (χ2n) is 7.59. The van der Waals surface area contributed by atoms with E-state index in [1.807, 2.05) is 30.3 Å². The quantitative estimate of drug-likeness (QED) is 0.667. The van der Waals surface area contributed by atoms with E-state index in [2.05, 4.69) is 5.32 Å². The van der Waals surface area contributed by atoms with E-state index in [0.29, 0.717) is 22.2 Å². The lowest BCUT2D eigenvalue weighted by atomic mass is 10.1. The number of carbonyl (C=O) groups is 2. The number of rotatable bonds is 7. The molecule has 1 aliphatic rings. The molecule has 0 saturated heterocycles. The molecule has 0 radical (unpaired) electrons. The highest BCUT2D eigenvalue weighted by Gasteiger charge is 2.28. The van der Waals surface area contributed by atoms with Crippen molar-refractivity contribution in [2.24, 2.45) is 0 Å². The highest BCUT2D eigenvalue weighted by molar-refractivity contribution is 6.35. The molecule has 0 heterocycles. The molecule has 2 amide bonds. The average Bonchev–Trinajstić information content (AvgIpc) is 3.21. The number of benzene rings is 2. The van der Waals surface area contributed by atoms with Gasteiger partial charge in [0.05, 0.1) is 6.42 Å². The van der Waals surface area contributed by atoms with E-state index in [1.54, 1.807) is 30.0 Å². The topological polar surface area (TPSA) is 49.4 Å². The van der Waals surface area contributed by atoms with Gasteiger partial charge in [0, 0.05) is 22.6 Å². The van der Waals surface area contributed by atoms with Crippen LogP contribution in [0.15, 0.2) is 48.5 Å². The number of carbonyl (C=O) groups excluding carboxylic acids is 2. The highest BCUT2D eigenvalue weighted by Crippen LogP contribution is 2.23. The minimum Gasteiger partial charge on any atom is -0.352 e. The standard InChI is InChI=1S/C23H26Cl2N2O2/c1-16(23(29)26-20-9-5-6-10-20)27(15-17-7-3-2-4-8-17)22(28)13-18-11-12-19(24)14-21(18)25/h2-4,7-8,11-12,14,16,20H,5-6,9-10,13,15H2,1H3,(H,26,29)/t16-/m0/s1. The van der Waals surface area contributed by atoms with Crippen LogP contribution in [0, 0.1) is 0 Å². The Morgan fingerprint density at radius 3 is 2.45 bits per heavy atom. The highest BCUT2D eigenvalue weighted by atomic mass is 35.5. The Morgan fingerprint density at radius 2 is 1.79 bits per heavy atom. The lowest BCUT2D eigenvalue weighted by molar-refractivity contribution is -0.140. The summed E-state index contributed by atoms with van der Waals surface area (Å²) in [5.74, 6) is -0.254. The fourth-order valence-electron chi connectivity index (χ4n) is 3.68. The molecule has 1 saturated carbocycles. The molecule has 1 fully saturated rings. The van der Waals surface area contributed by atoms with Crippen molar-refractivity contribution >= 4 is 35.0 Å². The number of nitrogens with zero attached hydrogens (tertiary/aromatic N) is 1. The molecule has 29 heavy (non-hydrogen) atoms. The summed E-state index contributed by atoms with van der Waals surface area (Å²) in [5, 5.41) is 4.08. The Bertz CT molecular complexity index is 851. The van der Waals surface area contributed by atoms with E-state index in [9.17, 15) is 9.59 Å². The van der Waals surface area contributed by atoms with Gasteiger partial charge in [-0.1, -0.05) is 72.4 Å². The van der Waals surface area contributed by atoms with Gasteiger partial charge in [0.1, 0.15) is 6.04 Å². The second-order valence-corrected chi connectivity index (χ2v) is 8.43. The van der Waals surface area contributed by atoms with Crippen LogP contribution in [0.1, 0.15) is 43.7 Å². The predicted molar refractivity (Wildman–Crippen MR) is 117 cm³/mol. The van der Waals surface area contributed by atoms with Gasteiger partial charge in [-0.05, 0) is 43.0 Å². The Kier molecular flexibility index (Phi) is 7.57. The molecule has 0 spiro atoms. The van der Waals surface area contributed by atoms with Crippen LogP contribution in [0.25, 0.3) is 0 Å². The monoisotopic (exact) mass is 432 g/mol. The second kappa shape index (κ2) is 10.1. The van der Waals surface area contributed by atoms with Gasteiger partial charge in [0.25, 0.3) is 0 Å². The van der Waals surface area contributed by atoms with E-state index >= 15 is 0 Å². The minimum absolute atomic E-state index is 0.108. The number of hydrogen-bond acceptors (Lipinski definition) is 2. The van der Waals surface area contributed by atoms with Crippen LogP contribution < -0.4 is 5.32 Å². The zero-order valence-electron chi connectivity index (χ0n) is 16.5. The molecular formula is C23H26Cl2N2O2. The summed E-state index contributed by atoms with van der Waals surface area (Å²) in [6.45, 7) is 2.15. The fourth-order valence-corrected chi connectivity index (χ4v) is 4.16. The lowest BCUT2D eigenvalue weighted by Gasteiger charge is -2.30. The largest absolute Gasteiger partial charge is 0.352 e. The van der Waals surface area contributed by atoms with Gasteiger partial charge in [0.15, 0.2) is 0 Å². The summed E-state index contributed by atoms with van der Waals surface area (Å²) in [6.07, 6.45) is 4.41. The van der Waals surface area contributed by atoms with Crippen molar-refractivity contribution in [3.8, 4) is 0 Å². The zero-order chi connectivity index (χ0) is 20.8. The smallest absolute Gasteiger partial charge is 0.242 e. The summed E-state index contributed by atoms with van der Waals surface area (Å²) < 4.78 is 0. The van der Waals surface area contributed by atoms with E-state index in [1.165, 1.54) is 0 Å². The molecule has 154 valence electrons. The van der Waals surface area contributed by atoms with Crippen LogP contribution in [0.5, 0.6) is 0 Å². The first kappa shape index (κ1) is 21.7. The Labute approximate surface area is 182 Å². The molecule has 6 heteroatoms. The summed E-state index contributed by atoms with van der Waals surface area (Å²) in [7, 11) is 0. The molecule has 2 aromatic carbocycles. The number of amides is 2. The van der Waals surface area contributed by atoms with Crippen molar-refractivity contribution in [2.75, 3.05) is 0 Å². The van der Waals surface area contributed by atoms with Gasteiger partial charge in [-0.15, -0.1) is 0 Å². The van der Waals surface area contributed by atoms with Gasteiger partial charge >= 0.3 is 0 Å². The van der Waals surface area contributed by atoms with Crippen LogP contribution in [0.3, 0.4) is 0 Å². The lowest BCUT2D eigenvalue weighted by Crippen LogP contribution is -2.50. The van der Waals surface area contributed by atoms with E-state index in [0.717, 1.165) is 31.2 Å². The molecule has 3 rings (SSSR count). The molecular weight excluding hydrogens is 407 g/mol. The maximum atomic E-state index is 13.2. The van der Waals surface area contributed by atoms with Gasteiger partial charge < -0.3 is 10.2 Å². The van der Waals surface area contributed by atoms with Gasteiger partial charge in [-0.2, -0.15) is 0 Å². The van der Waals surface area contributed by atoms with Crippen molar-refractivity contribution in [3.63, 3.8) is 0 Å². The summed E-state index contributed by atoms with van der Waals surface area (Å²) >= 11 is 12.2. The van der Waals surface area contributed by atoms with Crippen LogP contribution in [0.4, 0.5) is 0 Å². The molecule has 0 aliphatic heterocycles. The maximum Gasteiger partial charge on any atom is 0.242 e. The average molecular weight is 433 g/mol. The van der Waals surface area contributed by atoms with E-state index in [4.69, 9.17) is 23.2 Å². The summed E-state index contributed by atoms with van der Waals surface area (Å²) in [4.78, 5) is 27.7. The van der Waals surface area contributed by atoms with E-state index in [-0.39, 0.29) is 24.3 Å². The zero-order valence-corrected chi connectivity index (χ0v) is 18.0. The van der Waals surface area contributed by atoms with Crippen molar-refractivity contribution in [2.45, 2.75) is 57.7 Å². The van der Waals surface area contributed by atoms with Gasteiger partial charge in [-0.3, -0.25) is 9.59 Å². The van der Waals surface area contributed by atoms with Crippen LogP contribution in [-0.4, -0.2) is 28.8 Å².